The van der Waals surface area contributed by atoms with E-state index >= 15 is 0 Å². The predicted molar refractivity (Wildman–Crippen MR) is 111 cm³/mol. The fraction of sp³-hybridized carbons (Fsp3) is 0.286. The molecule has 7 heteroatoms. The van der Waals surface area contributed by atoms with E-state index in [0.717, 1.165) is 29.2 Å². The van der Waals surface area contributed by atoms with Crippen molar-refractivity contribution in [2.75, 3.05) is 31.4 Å². The number of nitrogens with zero attached hydrogens (tertiary/aromatic N) is 3. The molecule has 28 heavy (non-hydrogen) atoms. The highest BCUT2D eigenvalue weighted by molar-refractivity contribution is 5.61. The van der Waals surface area contributed by atoms with Crippen molar-refractivity contribution in [1.29, 1.82) is 0 Å². The van der Waals surface area contributed by atoms with Crippen LogP contribution in [0.2, 0.25) is 0 Å². The summed E-state index contributed by atoms with van der Waals surface area (Å²) >= 11 is 0. The quantitative estimate of drug-likeness (QED) is 0.614. The first-order chi connectivity index (χ1) is 13.6. The smallest absolute Gasteiger partial charge is 0.244 e. The molecule has 3 aromatic rings. The predicted octanol–water partition coefficient (Wildman–Crippen LogP) is 3.90. The summed E-state index contributed by atoms with van der Waals surface area (Å²) in [6, 6.07) is 12.0. The van der Waals surface area contributed by atoms with Crippen LogP contribution in [0.1, 0.15) is 16.7 Å². The van der Waals surface area contributed by atoms with Gasteiger partial charge in [0.05, 0.1) is 20.4 Å². The Bertz CT molecular complexity index is 946. The first kappa shape index (κ1) is 19.4. The number of rotatable bonds is 8. The maximum absolute atomic E-state index is 5.34. The molecular formula is C21H25N5O2. The molecule has 2 N–H and O–H groups in total. The molecule has 0 aliphatic carbocycles. The van der Waals surface area contributed by atoms with Crippen LogP contribution in [0, 0.1) is 13.8 Å². The summed E-state index contributed by atoms with van der Waals surface area (Å²) in [7, 11) is 3.26. The molecule has 0 saturated heterocycles. The zero-order chi connectivity index (χ0) is 19.9. The van der Waals surface area contributed by atoms with Gasteiger partial charge in [0.15, 0.2) is 17.3 Å². The summed E-state index contributed by atoms with van der Waals surface area (Å²) in [5.74, 6) is 2.57. The zero-order valence-electron chi connectivity index (χ0n) is 16.6. The average molecular weight is 379 g/mol. The molecule has 146 valence electrons. The SMILES string of the molecule is COc1ccc(CCNc2nncc(Nc3cccc(C)c3C)n2)cc1OC. The van der Waals surface area contributed by atoms with Gasteiger partial charge < -0.3 is 20.1 Å². The maximum Gasteiger partial charge on any atom is 0.244 e. The number of hydrogen-bond donors (Lipinski definition) is 2. The molecule has 0 fully saturated rings. The molecule has 0 atom stereocenters. The standard InChI is InChI=1S/C21H25N5O2/c1-14-6-5-7-17(15(14)2)24-20-13-23-26-21(25-20)22-11-10-16-8-9-18(27-3)19(12-16)28-4/h5-9,12-13H,10-11H2,1-4H3,(H2,22,24,25,26). The molecule has 0 saturated carbocycles. The number of nitrogens with one attached hydrogen (secondary N) is 2. The van der Waals surface area contributed by atoms with Crippen LogP contribution in [0.3, 0.4) is 0 Å². The number of methoxy groups -OCH3 is 2. The van der Waals surface area contributed by atoms with Crippen LogP contribution in [-0.2, 0) is 6.42 Å². The highest BCUT2D eigenvalue weighted by Gasteiger charge is 2.06. The van der Waals surface area contributed by atoms with Gasteiger partial charge in [-0.2, -0.15) is 10.1 Å². The Hall–Kier alpha value is -3.35. The number of hydrogen-bond acceptors (Lipinski definition) is 7. The van der Waals surface area contributed by atoms with Crippen molar-refractivity contribution in [2.45, 2.75) is 20.3 Å². The summed E-state index contributed by atoms with van der Waals surface area (Å²) < 4.78 is 10.6. The number of benzene rings is 2. The van der Waals surface area contributed by atoms with Crippen LogP contribution in [0.15, 0.2) is 42.6 Å². The molecule has 0 amide bonds. The average Bonchev–Trinajstić information content (AvgIpc) is 2.71. The van der Waals surface area contributed by atoms with Crippen molar-refractivity contribution in [3.05, 3.63) is 59.3 Å². The van der Waals surface area contributed by atoms with Gasteiger partial charge >= 0.3 is 0 Å². The lowest BCUT2D eigenvalue weighted by atomic mass is 10.1. The largest absolute Gasteiger partial charge is 0.493 e. The van der Waals surface area contributed by atoms with E-state index < -0.39 is 0 Å². The summed E-state index contributed by atoms with van der Waals surface area (Å²) in [4.78, 5) is 4.49. The molecule has 0 bridgehead atoms. The van der Waals surface area contributed by atoms with Crippen molar-refractivity contribution < 1.29 is 9.47 Å². The molecule has 3 rings (SSSR count). The summed E-state index contributed by atoms with van der Waals surface area (Å²) in [5, 5.41) is 14.6. The molecule has 0 spiro atoms. The minimum atomic E-state index is 0.482. The van der Waals surface area contributed by atoms with Crippen LogP contribution in [-0.4, -0.2) is 35.9 Å². The molecule has 0 unspecified atom stereocenters. The van der Waals surface area contributed by atoms with Crippen molar-refractivity contribution in [3.8, 4) is 11.5 Å². The second kappa shape index (κ2) is 9.03. The molecule has 1 heterocycles. The van der Waals surface area contributed by atoms with E-state index in [2.05, 4.69) is 45.7 Å². The van der Waals surface area contributed by atoms with Gasteiger partial charge in [-0.3, -0.25) is 0 Å². The highest BCUT2D eigenvalue weighted by Crippen LogP contribution is 2.27. The van der Waals surface area contributed by atoms with Gasteiger partial charge in [0.25, 0.3) is 0 Å². The molecule has 1 aromatic heterocycles. The Morgan fingerprint density at radius 1 is 1.00 bits per heavy atom. The Morgan fingerprint density at radius 2 is 1.82 bits per heavy atom. The van der Waals surface area contributed by atoms with Crippen molar-refractivity contribution in [1.82, 2.24) is 15.2 Å². The second-order valence-corrected chi connectivity index (χ2v) is 6.40. The summed E-state index contributed by atoms with van der Waals surface area (Å²) in [5.41, 5.74) is 4.55. The van der Waals surface area contributed by atoms with Gasteiger partial charge in [-0.15, -0.1) is 5.10 Å². The van der Waals surface area contributed by atoms with Gasteiger partial charge in [0.2, 0.25) is 5.95 Å². The molecule has 0 radical (unpaired) electrons. The monoisotopic (exact) mass is 379 g/mol. The lowest BCUT2D eigenvalue weighted by Gasteiger charge is -2.12. The van der Waals surface area contributed by atoms with Gasteiger partial charge in [-0.1, -0.05) is 18.2 Å². The zero-order valence-corrected chi connectivity index (χ0v) is 16.6. The Morgan fingerprint density at radius 3 is 2.61 bits per heavy atom. The molecular weight excluding hydrogens is 354 g/mol. The lowest BCUT2D eigenvalue weighted by Crippen LogP contribution is -2.10. The lowest BCUT2D eigenvalue weighted by molar-refractivity contribution is 0.354. The Kier molecular flexibility index (Phi) is 6.26. The summed E-state index contributed by atoms with van der Waals surface area (Å²) in [6.45, 7) is 4.83. The first-order valence-corrected chi connectivity index (χ1v) is 9.08. The van der Waals surface area contributed by atoms with Crippen molar-refractivity contribution in [2.24, 2.45) is 0 Å². The van der Waals surface area contributed by atoms with Crippen LogP contribution >= 0.6 is 0 Å². The number of aromatic nitrogens is 3. The second-order valence-electron chi connectivity index (χ2n) is 6.40. The maximum atomic E-state index is 5.34. The van der Waals surface area contributed by atoms with Crippen LogP contribution in [0.5, 0.6) is 11.5 Å². The van der Waals surface area contributed by atoms with Gasteiger partial charge in [0.1, 0.15) is 0 Å². The third-order valence-corrected chi connectivity index (χ3v) is 4.57. The highest BCUT2D eigenvalue weighted by atomic mass is 16.5. The van der Waals surface area contributed by atoms with E-state index in [0.29, 0.717) is 18.3 Å². The third kappa shape index (κ3) is 4.68. The molecule has 0 aliphatic rings. The normalized spacial score (nSPS) is 10.4. The number of ether oxygens (including phenoxy) is 2. The third-order valence-electron chi connectivity index (χ3n) is 4.57. The topological polar surface area (TPSA) is 81.2 Å². The Balaban J connectivity index is 1.61. The molecule has 0 aliphatic heterocycles. The van der Waals surface area contributed by atoms with E-state index in [1.807, 2.05) is 30.3 Å². The van der Waals surface area contributed by atoms with Crippen molar-refractivity contribution >= 4 is 17.5 Å². The minimum absolute atomic E-state index is 0.482. The first-order valence-electron chi connectivity index (χ1n) is 9.08. The minimum Gasteiger partial charge on any atom is -0.493 e. The van der Waals surface area contributed by atoms with E-state index in [1.54, 1.807) is 20.4 Å². The Labute approximate surface area is 165 Å². The van der Waals surface area contributed by atoms with Crippen molar-refractivity contribution in [3.63, 3.8) is 0 Å². The van der Waals surface area contributed by atoms with E-state index in [-0.39, 0.29) is 0 Å². The van der Waals surface area contributed by atoms with Gasteiger partial charge in [-0.25, -0.2) is 0 Å². The fourth-order valence-corrected chi connectivity index (χ4v) is 2.82. The summed E-state index contributed by atoms with van der Waals surface area (Å²) in [6.07, 6.45) is 2.40. The fourth-order valence-electron chi connectivity index (χ4n) is 2.82. The number of anilines is 3. The molecule has 2 aromatic carbocycles. The van der Waals surface area contributed by atoms with Crippen LogP contribution in [0.25, 0.3) is 0 Å². The van der Waals surface area contributed by atoms with E-state index in [9.17, 15) is 0 Å². The van der Waals surface area contributed by atoms with E-state index in [1.165, 1.54) is 11.1 Å². The van der Waals surface area contributed by atoms with E-state index in [4.69, 9.17) is 9.47 Å². The van der Waals surface area contributed by atoms with Crippen LogP contribution < -0.4 is 20.1 Å². The van der Waals surface area contributed by atoms with Crippen LogP contribution in [0.4, 0.5) is 17.5 Å². The molecule has 7 nitrogen and oxygen atoms in total. The van der Waals surface area contributed by atoms with Gasteiger partial charge in [0, 0.05) is 12.2 Å². The van der Waals surface area contributed by atoms with Gasteiger partial charge in [-0.05, 0) is 55.2 Å². The number of aryl methyl sites for hydroxylation is 1.